The van der Waals surface area contributed by atoms with Crippen molar-refractivity contribution < 1.29 is 4.74 Å². The van der Waals surface area contributed by atoms with E-state index < -0.39 is 0 Å². The minimum atomic E-state index is 0.208. The average molecular weight is 208 g/mol. The zero-order chi connectivity index (χ0) is 11.3. The Bertz CT molecular complexity index is 299. The van der Waals surface area contributed by atoms with E-state index in [1.165, 1.54) is 0 Å². The van der Waals surface area contributed by atoms with Gasteiger partial charge in [0, 0.05) is 12.7 Å². The second-order valence-corrected chi connectivity index (χ2v) is 4.21. The molecule has 3 nitrogen and oxygen atoms in total. The van der Waals surface area contributed by atoms with Crippen LogP contribution in [-0.4, -0.2) is 11.1 Å². The lowest BCUT2D eigenvalue weighted by atomic mass is 10.1. The Balaban J connectivity index is 2.63. The summed E-state index contributed by atoms with van der Waals surface area (Å²) < 4.78 is 5.80. The highest BCUT2D eigenvalue weighted by Crippen LogP contribution is 2.18. The van der Waals surface area contributed by atoms with E-state index in [4.69, 9.17) is 10.5 Å². The lowest BCUT2D eigenvalue weighted by Gasteiger charge is -2.17. The second-order valence-electron chi connectivity index (χ2n) is 4.21. The smallest absolute Gasteiger partial charge is 0.142 e. The molecule has 1 atom stereocenters. The van der Waals surface area contributed by atoms with Crippen LogP contribution in [0, 0.1) is 5.92 Å². The van der Waals surface area contributed by atoms with Gasteiger partial charge >= 0.3 is 0 Å². The van der Waals surface area contributed by atoms with E-state index in [1.54, 1.807) is 6.20 Å². The van der Waals surface area contributed by atoms with Crippen molar-refractivity contribution in [2.45, 2.75) is 39.8 Å². The van der Waals surface area contributed by atoms with Gasteiger partial charge in [-0.05, 0) is 31.4 Å². The first-order chi connectivity index (χ1) is 7.13. The second kappa shape index (κ2) is 5.71. The first-order valence-electron chi connectivity index (χ1n) is 5.44. The van der Waals surface area contributed by atoms with Crippen LogP contribution in [0.15, 0.2) is 18.3 Å². The minimum absolute atomic E-state index is 0.208. The summed E-state index contributed by atoms with van der Waals surface area (Å²) in [5.41, 5.74) is 6.41. The molecule has 1 aromatic heterocycles. The molecule has 0 radical (unpaired) electrons. The van der Waals surface area contributed by atoms with Crippen LogP contribution in [0.1, 0.15) is 32.9 Å². The van der Waals surface area contributed by atoms with Crippen LogP contribution in [-0.2, 0) is 6.54 Å². The summed E-state index contributed by atoms with van der Waals surface area (Å²) in [4.78, 5) is 4.18. The van der Waals surface area contributed by atoms with Crippen molar-refractivity contribution in [2.24, 2.45) is 11.7 Å². The molecular formula is C12H20N2O. The molecule has 0 spiro atoms. The Hall–Kier alpha value is -1.09. The number of aromatic nitrogens is 1. The summed E-state index contributed by atoms with van der Waals surface area (Å²) in [6.07, 6.45) is 2.99. The van der Waals surface area contributed by atoms with Gasteiger partial charge in [0.15, 0.2) is 0 Å². The molecule has 0 aliphatic carbocycles. The summed E-state index contributed by atoms with van der Waals surface area (Å²) in [6, 6.07) is 3.79. The van der Waals surface area contributed by atoms with Gasteiger partial charge in [0.2, 0.25) is 0 Å². The molecule has 0 aromatic carbocycles. The zero-order valence-corrected chi connectivity index (χ0v) is 9.73. The van der Waals surface area contributed by atoms with Gasteiger partial charge in [-0.1, -0.05) is 13.8 Å². The van der Waals surface area contributed by atoms with Crippen LogP contribution in [0.4, 0.5) is 0 Å². The topological polar surface area (TPSA) is 48.1 Å². The molecular weight excluding hydrogens is 188 g/mol. The van der Waals surface area contributed by atoms with Gasteiger partial charge in [0.05, 0.1) is 11.8 Å². The summed E-state index contributed by atoms with van der Waals surface area (Å²) in [5, 5.41) is 0. The molecule has 1 rings (SSSR count). The highest BCUT2D eigenvalue weighted by atomic mass is 16.5. The first kappa shape index (κ1) is 12.0. The maximum absolute atomic E-state index is 5.80. The molecule has 1 unspecified atom stereocenters. The van der Waals surface area contributed by atoms with Crippen molar-refractivity contribution in [3.63, 3.8) is 0 Å². The summed E-state index contributed by atoms with van der Waals surface area (Å²) in [5.74, 6) is 1.45. The van der Waals surface area contributed by atoms with Crippen LogP contribution in [0.5, 0.6) is 5.75 Å². The largest absolute Gasteiger partial charge is 0.489 e. The lowest BCUT2D eigenvalue weighted by molar-refractivity contribution is 0.190. The monoisotopic (exact) mass is 208 g/mol. The van der Waals surface area contributed by atoms with E-state index in [-0.39, 0.29) is 6.10 Å². The summed E-state index contributed by atoms with van der Waals surface area (Å²) in [6.45, 7) is 6.87. The molecule has 0 bridgehead atoms. The summed E-state index contributed by atoms with van der Waals surface area (Å²) in [7, 11) is 0. The average Bonchev–Trinajstić information content (AvgIpc) is 2.17. The molecule has 0 amide bonds. The fourth-order valence-electron chi connectivity index (χ4n) is 1.61. The fraction of sp³-hybridized carbons (Fsp3) is 0.583. The normalized spacial score (nSPS) is 12.9. The third-order valence-corrected chi connectivity index (χ3v) is 2.17. The van der Waals surface area contributed by atoms with Gasteiger partial charge < -0.3 is 10.5 Å². The summed E-state index contributed by atoms with van der Waals surface area (Å²) >= 11 is 0. The van der Waals surface area contributed by atoms with Gasteiger partial charge in [-0.25, -0.2) is 0 Å². The van der Waals surface area contributed by atoms with Crippen LogP contribution in [0.25, 0.3) is 0 Å². The maximum atomic E-state index is 5.80. The van der Waals surface area contributed by atoms with Gasteiger partial charge in [0.1, 0.15) is 5.75 Å². The molecule has 0 saturated heterocycles. The highest BCUT2D eigenvalue weighted by molar-refractivity contribution is 5.26. The molecule has 0 aliphatic rings. The van der Waals surface area contributed by atoms with Gasteiger partial charge in [0.25, 0.3) is 0 Å². The van der Waals surface area contributed by atoms with Crippen LogP contribution in [0.3, 0.4) is 0 Å². The number of nitrogens with two attached hydrogens (primary N) is 1. The number of rotatable bonds is 5. The van der Waals surface area contributed by atoms with Crippen molar-refractivity contribution in [3.8, 4) is 5.75 Å². The minimum Gasteiger partial charge on any atom is -0.489 e. The molecule has 0 aliphatic heterocycles. The number of hydrogen-bond donors (Lipinski definition) is 1. The molecule has 3 heteroatoms. The van der Waals surface area contributed by atoms with Crippen LogP contribution in [0.2, 0.25) is 0 Å². The molecule has 0 saturated carbocycles. The zero-order valence-electron chi connectivity index (χ0n) is 9.73. The maximum Gasteiger partial charge on any atom is 0.142 e. The van der Waals surface area contributed by atoms with Crippen LogP contribution < -0.4 is 10.5 Å². The number of pyridine rings is 1. The van der Waals surface area contributed by atoms with Crippen molar-refractivity contribution in [1.29, 1.82) is 0 Å². The molecule has 15 heavy (non-hydrogen) atoms. The fourth-order valence-corrected chi connectivity index (χ4v) is 1.61. The Kier molecular flexibility index (Phi) is 4.56. The van der Waals surface area contributed by atoms with E-state index in [0.29, 0.717) is 12.5 Å². The van der Waals surface area contributed by atoms with E-state index in [2.05, 4.69) is 25.8 Å². The molecule has 84 valence electrons. The number of hydrogen-bond acceptors (Lipinski definition) is 3. The predicted octanol–water partition coefficient (Wildman–Crippen LogP) is 2.35. The number of ether oxygens (including phenoxy) is 1. The Morgan fingerprint density at radius 1 is 1.40 bits per heavy atom. The van der Waals surface area contributed by atoms with Crippen LogP contribution >= 0.6 is 0 Å². The molecule has 1 aromatic rings. The van der Waals surface area contributed by atoms with Gasteiger partial charge in [-0.3, -0.25) is 4.98 Å². The predicted molar refractivity (Wildman–Crippen MR) is 61.7 cm³/mol. The van der Waals surface area contributed by atoms with Crippen molar-refractivity contribution in [2.75, 3.05) is 0 Å². The standard InChI is InChI=1S/C12H20N2O/c1-9(2)7-10(3)15-12-5-4-6-14-11(12)8-13/h4-6,9-10H,7-8,13H2,1-3H3. The quantitative estimate of drug-likeness (QED) is 0.808. The Labute approximate surface area is 91.7 Å². The lowest BCUT2D eigenvalue weighted by Crippen LogP contribution is -2.16. The number of nitrogens with zero attached hydrogens (tertiary/aromatic N) is 1. The van der Waals surface area contributed by atoms with Crippen molar-refractivity contribution in [1.82, 2.24) is 4.98 Å². The molecule has 2 N–H and O–H groups in total. The highest BCUT2D eigenvalue weighted by Gasteiger charge is 2.09. The Morgan fingerprint density at radius 2 is 2.13 bits per heavy atom. The van der Waals surface area contributed by atoms with Crippen molar-refractivity contribution in [3.05, 3.63) is 24.0 Å². The first-order valence-corrected chi connectivity index (χ1v) is 5.44. The third kappa shape index (κ3) is 3.88. The van der Waals surface area contributed by atoms with Gasteiger partial charge in [-0.2, -0.15) is 0 Å². The van der Waals surface area contributed by atoms with E-state index >= 15 is 0 Å². The molecule has 0 fully saturated rings. The SMILES string of the molecule is CC(C)CC(C)Oc1cccnc1CN. The Morgan fingerprint density at radius 3 is 2.73 bits per heavy atom. The molecule has 1 heterocycles. The van der Waals surface area contributed by atoms with E-state index in [1.807, 2.05) is 12.1 Å². The van der Waals surface area contributed by atoms with Gasteiger partial charge in [-0.15, -0.1) is 0 Å². The third-order valence-electron chi connectivity index (χ3n) is 2.17. The van der Waals surface area contributed by atoms with E-state index in [0.717, 1.165) is 17.9 Å². The van der Waals surface area contributed by atoms with Crippen molar-refractivity contribution >= 4 is 0 Å². The van der Waals surface area contributed by atoms with E-state index in [9.17, 15) is 0 Å².